The molecule has 0 spiro atoms. The highest BCUT2D eigenvalue weighted by Gasteiger charge is 2.38. The highest BCUT2D eigenvalue weighted by molar-refractivity contribution is 6.07. The lowest BCUT2D eigenvalue weighted by atomic mass is 9.96. The van der Waals surface area contributed by atoms with E-state index < -0.39 is 0 Å². The lowest BCUT2D eigenvalue weighted by Crippen LogP contribution is -2.05. The van der Waals surface area contributed by atoms with Crippen LogP contribution in [0, 0.1) is 5.92 Å². The summed E-state index contributed by atoms with van der Waals surface area (Å²) in [6, 6.07) is 7.97. The van der Waals surface area contributed by atoms with E-state index in [2.05, 4.69) is 25.2 Å². The standard InChI is InChI=1S/C28H38O4/c1-3-4-5-6-7-8-11-23-15-18-26(29)25(23)20-28-27(32-28)12-9-10-19-31-21-22-13-16-24(30-2)17-14-22/h7-8,13-18,20,23,27-28H,3-6,9-12,19,21H2,1-2H3/b8-7-,25-20+/t23-,27-,28-/m0/s1. The monoisotopic (exact) mass is 438 g/mol. The van der Waals surface area contributed by atoms with E-state index >= 15 is 0 Å². The maximum atomic E-state index is 12.3. The topological polar surface area (TPSA) is 48.1 Å². The molecule has 1 aromatic carbocycles. The molecule has 32 heavy (non-hydrogen) atoms. The van der Waals surface area contributed by atoms with Gasteiger partial charge in [-0.05, 0) is 68.4 Å². The van der Waals surface area contributed by atoms with Crippen LogP contribution in [0.5, 0.6) is 5.75 Å². The fraction of sp³-hybridized carbons (Fsp3) is 0.536. The van der Waals surface area contributed by atoms with Crippen molar-refractivity contribution in [3.05, 3.63) is 65.8 Å². The average Bonchev–Trinajstić information content (AvgIpc) is 3.47. The largest absolute Gasteiger partial charge is 0.497 e. The lowest BCUT2D eigenvalue weighted by molar-refractivity contribution is -0.111. The molecule has 3 rings (SSSR count). The minimum atomic E-state index is 0.102. The van der Waals surface area contributed by atoms with Gasteiger partial charge in [0, 0.05) is 18.1 Å². The molecule has 2 aliphatic rings. The summed E-state index contributed by atoms with van der Waals surface area (Å²) in [6.07, 6.45) is 19.6. The Kier molecular flexibility index (Phi) is 10.2. The molecule has 3 atom stereocenters. The van der Waals surface area contributed by atoms with Gasteiger partial charge in [-0.3, -0.25) is 4.79 Å². The van der Waals surface area contributed by atoms with E-state index in [1.807, 2.05) is 30.3 Å². The lowest BCUT2D eigenvalue weighted by Gasteiger charge is -2.07. The van der Waals surface area contributed by atoms with Gasteiger partial charge in [0.25, 0.3) is 0 Å². The summed E-state index contributed by atoms with van der Waals surface area (Å²) in [5, 5.41) is 0. The molecule has 0 N–H and O–H groups in total. The molecule has 1 aliphatic carbocycles. The van der Waals surface area contributed by atoms with Gasteiger partial charge in [-0.25, -0.2) is 0 Å². The maximum absolute atomic E-state index is 12.3. The second-order valence-corrected chi connectivity index (χ2v) is 8.69. The van der Waals surface area contributed by atoms with Gasteiger partial charge in [0.1, 0.15) is 11.9 Å². The van der Waals surface area contributed by atoms with E-state index in [0.717, 1.165) is 55.6 Å². The Hall–Kier alpha value is -2.17. The Labute approximate surface area is 193 Å². The molecule has 0 aromatic heterocycles. The van der Waals surface area contributed by atoms with Crippen molar-refractivity contribution in [2.24, 2.45) is 5.92 Å². The summed E-state index contributed by atoms with van der Waals surface area (Å²) in [6.45, 7) is 3.60. The number of allylic oxidation sites excluding steroid dienone is 5. The molecule has 1 aliphatic heterocycles. The first kappa shape index (κ1) is 24.5. The fourth-order valence-corrected chi connectivity index (χ4v) is 4.04. The van der Waals surface area contributed by atoms with Gasteiger partial charge in [0.15, 0.2) is 5.78 Å². The van der Waals surface area contributed by atoms with E-state index in [0.29, 0.717) is 6.61 Å². The summed E-state index contributed by atoms with van der Waals surface area (Å²) in [5.74, 6) is 1.22. The summed E-state index contributed by atoms with van der Waals surface area (Å²) in [5.41, 5.74) is 2.07. The molecule has 0 unspecified atom stereocenters. The average molecular weight is 439 g/mol. The highest BCUT2D eigenvalue weighted by Crippen LogP contribution is 2.33. The molecule has 0 amide bonds. The maximum Gasteiger partial charge on any atom is 0.181 e. The first-order valence-corrected chi connectivity index (χ1v) is 12.2. The number of ketones is 1. The van der Waals surface area contributed by atoms with Crippen molar-refractivity contribution in [1.29, 1.82) is 0 Å². The number of unbranched alkanes of at least 4 members (excludes halogenated alkanes) is 4. The van der Waals surface area contributed by atoms with E-state index in [4.69, 9.17) is 14.2 Å². The predicted molar refractivity (Wildman–Crippen MR) is 129 cm³/mol. The van der Waals surface area contributed by atoms with Crippen molar-refractivity contribution in [2.75, 3.05) is 13.7 Å². The van der Waals surface area contributed by atoms with Crippen LogP contribution in [0.2, 0.25) is 0 Å². The molecule has 174 valence electrons. The minimum absolute atomic E-state index is 0.102. The molecule has 4 nitrogen and oxygen atoms in total. The molecule has 1 fully saturated rings. The van der Waals surface area contributed by atoms with Crippen LogP contribution < -0.4 is 4.74 Å². The van der Waals surface area contributed by atoms with Crippen molar-refractivity contribution in [2.45, 2.75) is 77.1 Å². The number of epoxide rings is 1. The van der Waals surface area contributed by atoms with Crippen molar-refractivity contribution in [3.63, 3.8) is 0 Å². The van der Waals surface area contributed by atoms with E-state index in [9.17, 15) is 4.79 Å². The number of ether oxygens (including phenoxy) is 3. The molecular weight excluding hydrogens is 400 g/mol. The van der Waals surface area contributed by atoms with Crippen LogP contribution >= 0.6 is 0 Å². The van der Waals surface area contributed by atoms with E-state index in [1.165, 1.54) is 19.3 Å². The molecule has 1 saturated heterocycles. The highest BCUT2D eigenvalue weighted by atomic mass is 16.6. The van der Waals surface area contributed by atoms with Crippen LogP contribution in [0.15, 0.2) is 60.2 Å². The number of methoxy groups -OCH3 is 1. The number of benzene rings is 1. The van der Waals surface area contributed by atoms with Crippen molar-refractivity contribution in [1.82, 2.24) is 0 Å². The van der Waals surface area contributed by atoms with Crippen LogP contribution in [0.4, 0.5) is 0 Å². The number of hydrogen-bond donors (Lipinski definition) is 0. The zero-order chi connectivity index (χ0) is 22.6. The molecule has 4 heteroatoms. The number of hydrogen-bond acceptors (Lipinski definition) is 4. The predicted octanol–water partition coefficient (Wildman–Crippen LogP) is 6.36. The van der Waals surface area contributed by atoms with Crippen molar-refractivity contribution < 1.29 is 19.0 Å². The summed E-state index contributed by atoms with van der Waals surface area (Å²) in [4.78, 5) is 12.3. The zero-order valence-corrected chi connectivity index (χ0v) is 19.6. The van der Waals surface area contributed by atoms with Gasteiger partial charge < -0.3 is 14.2 Å². The zero-order valence-electron chi connectivity index (χ0n) is 19.6. The number of carbonyl (C=O) groups is 1. The summed E-state index contributed by atoms with van der Waals surface area (Å²) < 4.78 is 16.8. The Morgan fingerprint density at radius 2 is 1.91 bits per heavy atom. The normalized spacial score (nSPS) is 23.5. The molecule has 0 radical (unpaired) electrons. The van der Waals surface area contributed by atoms with Crippen LogP contribution in [0.3, 0.4) is 0 Å². The van der Waals surface area contributed by atoms with Crippen LogP contribution in [0.25, 0.3) is 0 Å². The number of rotatable bonds is 15. The van der Waals surface area contributed by atoms with E-state index in [-0.39, 0.29) is 23.9 Å². The quantitative estimate of drug-likeness (QED) is 0.138. The third kappa shape index (κ3) is 8.07. The Morgan fingerprint density at radius 3 is 2.69 bits per heavy atom. The molecule has 1 heterocycles. The Morgan fingerprint density at radius 1 is 1.06 bits per heavy atom. The van der Waals surface area contributed by atoms with Gasteiger partial charge in [-0.15, -0.1) is 0 Å². The Bertz CT molecular complexity index is 790. The van der Waals surface area contributed by atoms with Gasteiger partial charge in [-0.2, -0.15) is 0 Å². The van der Waals surface area contributed by atoms with Crippen molar-refractivity contribution in [3.8, 4) is 5.75 Å². The molecule has 0 saturated carbocycles. The van der Waals surface area contributed by atoms with Crippen LogP contribution in [-0.4, -0.2) is 31.7 Å². The van der Waals surface area contributed by atoms with Gasteiger partial charge in [-0.1, -0.05) is 50.1 Å². The van der Waals surface area contributed by atoms with Gasteiger partial charge in [0.2, 0.25) is 0 Å². The molecule has 0 bridgehead atoms. The third-order valence-corrected chi connectivity index (χ3v) is 6.12. The molecule has 1 aromatic rings. The summed E-state index contributed by atoms with van der Waals surface area (Å²) in [7, 11) is 1.67. The SMILES string of the molecule is CCCCC/C=C\C[C@H]1C=CC(=O)/C1=C/[C@@H]1O[C@H]1CCCCOCc1ccc(OC)cc1. The molecular formula is C28H38O4. The van der Waals surface area contributed by atoms with Gasteiger partial charge in [0.05, 0.1) is 19.8 Å². The third-order valence-electron chi connectivity index (χ3n) is 6.12. The smallest absolute Gasteiger partial charge is 0.181 e. The van der Waals surface area contributed by atoms with E-state index in [1.54, 1.807) is 13.2 Å². The number of carbonyl (C=O) groups excluding carboxylic acids is 1. The minimum Gasteiger partial charge on any atom is -0.497 e. The van der Waals surface area contributed by atoms with Crippen LogP contribution in [-0.2, 0) is 20.9 Å². The second kappa shape index (κ2) is 13.4. The first-order chi connectivity index (χ1) is 15.7. The Balaban J connectivity index is 1.29. The first-order valence-electron chi connectivity index (χ1n) is 12.2. The fourth-order valence-electron chi connectivity index (χ4n) is 4.04. The van der Waals surface area contributed by atoms with Crippen molar-refractivity contribution >= 4 is 5.78 Å². The van der Waals surface area contributed by atoms with Gasteiger partial charge >= 0.3 is 0 Å². The van der Waals surface area contributed by atoms with Crippen LogP contribution in [0.1, 0.15) is 63.9 Å². The second-order valence-electron chi connectivity index (χ2n) is 8.69. The summed E-state index contributed by atoms with van der Waals surface area (Å²) >= 11 is 0.